The van der Waals surface area contributed by atoms with Crippen LogP contribution in [0.1, 0.15) is 0 Å². The quantitative estimate of drug-likeness (QED) is 0.586. The summed E-state index contributed by atoms with van der Waals surface area (Å²) in [4.78, 5) is 31.1. The van der Waals surface area contributed by atoms with Gasteiger partial charge in [0.25, 0.3) is 5.91 Å². The van der Waals surface area contributed by atoms with Gasteiger partial charge in [-0.2, -0.15) is 0 Å². The summed E-state index contributed by atoms with van der Waals surface area (Å²) in [5.74, 6) is 0.449. The second-order valence-electron chi connectivity index (χ2n) is 7.67. The minimum Gasteiger partial charge on any atom is -0.439 e. The number of fused-ring (bicyclic) bond motifs is 2. The maximum Gasteiger partial charge on any atom is 0.250 e. The number of hydrogen-bond acceptors (Lipinski definition) is 7. The molecule has 7 nitrogen and oxygen atoms in total. The predicted octanol–water partition coefficient (Wildman–Crippen LogP) is 3.33. The van der Waals surface area contributed by atoms with Gasteiger partial charge >= 0.3 is 0 Å². The number of morpholine rings is 1. The van der Waals surface area contributed by atoms with Crippen LogP contribution >= 0.6 is 11.3 Å². The molecule has 4 heterocycles. The van der Waals surface area contributed by atoms with Crippen LogP contribution in [0.3, 0.4) is 0 Å². The van der Waals surface area contributed by atoms with E-state index >= 15 is 0 Å². The summed E-state index contributed by atoms with van der Waals surface area (Å²) >= 11 is 1.38. The third-order valence-electron chi connectivity index (χ3n) is 5.84. The molecule has 0 radical (unpaired) electrons. The number of likely N-dealkylation sites (N-methyl/N-ethyl adjacent to an activating group) is 1. The molecule has 1 amide bonds. The largest absolute Gasteiger partial charge is 0.439 e. The van der Waals surface area contributed by atoms with Crippen molar-refractivity contribution in [2.24, 2.45) is 0 Å². The predicted molar refractivity (Wildman–Crippen MR) is 125 cm³/mol. The van der Waals surface area contributed by atoms with Gasteiger partial charge < -0.3 is 23.9 Å². The van der Waals surface area contributed by atoms with Crippen LogP contribution in [0.2, 0.25) is 0 Å². The zero-order valence-electron chi connectivity index (χ0n) is 17.3. The molecule has 0 spiro atoms. The zero-order valence-corrected chi connectivity index (χ0v) is 18.1. The Labute approximate surface area is 183 Å². The first-order valence-corrected chi connectivity index (χ1v) is 11.1. The molecule has 31 heavy (non-hydrogen) atoms. The maximum atomic E-state index is 12.8. The molecule has 1 fully saturated rings. The average Bonchev–Trinajstić information content (AvgIpc) is 3.24. The van der Waals surface area contributed by atoms with Gasteiger partial charge in [-0.1, -0.05) is 12.6 Å². The summed E-state index contributed by atoms with van der Waals surface area (Å²) in [5.41, 5.74) is 4.13. The van der Waals surface area contributed by atoms with Crippen LogP contribution in [0.25, 0.3) is 21.4 Å². The van der Waals surface area contributed by atoms with Gasteiger partial charge in [0.2, 0.25) is 5.43 Å². The van der Waals surface area contributed by atoms with Gasteiger partial charge in [-0.15, -0.1) is 11.3 Å². The molecule has 2 aliphatic heterocycles. The highest BCUT2D eigenvalue weighted by Crippen LogP contribution is 2.40. The standard InChI is InChI=1S/C23H23N3O4S/c1-3-20(28)26-7-6-24(2)17-5-4-15(12-18(17)26)16-14-31-23-19(27)13-21(30-22(16)23)25-8-10-29-11-9-25/h3-5,12-14H,1,6-11H2,2H3. The van der Waals surface area contributed by atoms with Crippen LogP contribution < -0.4 is 20.1 Å². The van der Waals surface area contributed by atoms with Gasteiger partial charge in [-0.05, 0) is 23.8 Å². The number of benzene rings is 1. The molecule has 0 unspecified atom stereocenters. The molecule has 0 N–H and O–H groups in total. The van der Waals surface area contributed by atoms with Gasteiger partial charge in [-0.25, -0.2) is 0 Å². The van der Waals surface area contributed by atoms with E-state index in [4.69, 9.17) is 9.15 Å². The van der Waals surface area contributed by atoms with Crippen LogP contribution in [-0.2, 0) is 9.53 Å². The number of hydrogen-bond donors (Lipinski definition) is 0. The Hall–Kier alpha value is -3.10. The first-order valence-electron chi connectivity index (χ1n) is 10.2. The number of thiophene rings is 1. The normalized spacial score (nSPS) is 16.5. The molecule has 160 valence electrons. The molecule has 1 saturated heterocycles. The van der Waals surface area contributed by atoms with Crippen molar-refractivity contribution < 1.29 is 13.9 Å². The average molecular weight is 438 g/mol. The highest BCUT2D eigenvalue weighted by atomic mass is 32.1. The first kappa shape index (κ1) is 19.8. The molecule has 0 bridgehead atoms. The maximum absolute atomic E-state index is 12.8. The van der Waals surface area contributed by atoms with Crippen LogP contribution in [0, 0.1) is 0 Å². The van der Waals surface area contributed by atoms with E-state index in [-0.39, 0.29) is 11.3 Å². The fourth-order valence-corrected chi connectivity index (χ4v) is 5.04. The minimum absolute atomic E-state index is 0.0415. The van der Waals surface area contributed by atoms with Crippen LogP contribution in [0.5, 0.6) is 0 Å². The Balaban J connectivity index is 1.62. The Morgan fingerprint density at radius 3 is 2.71 bits per heavy atom. The molecular formula is C23H23N3O4S. The van der Waals surface area contributed by atoms with Crippen molar-refractivity contribution in [3.63, 3.8) is 0 Å². The van der Waals surface area contributed by atoms with Crippen LogP contribution in [0.15, 0.2) is 51.5 Å². The van der Waals surface area contributed by atoms with Crippen LogP contribution in [0.4, 0.5) is 17.3 Å². The second-order valence-corrected chi connectivity index (χ2v) is 8.55. The van der Waals surface area contributed by atoms with Gasteiger partial charge in [0.05, 0.1) is 24.6 Å². The van der Waals surface area contributed by atoms with E-state index in [1.807, 2.05) is 35.5 Å². The fraction of sp³-hybridized carbons (Fsp3) is 0.304. The second kappa shape index (κ2) is 7.86. The zero-order chi connectivity index (χ0) is 21.5. The molecule has 5 rings (SSSR count). The van der Waals surface area contributed by atoms with E-state index < -0.39 is 0 Å². The Bertz CT molecular complexity index is 1230. The van der Waals surface area contributed by atoms with Crippen molar-refractivity contribution in [1.82, 2.24) is 0 Å². The summed E-state index contributed by atoms with van der Waals surface area (Å²) in [7, 11) is 2.02. The van der Waals surface area contributed by atoms with Gasteiger partial charge in [-0.3, -0.25) is 9.59 Å². The van der Waals surface area contributed by atoms with Gasteiger partial charge in [0.15, 0.2) is 11.5 Å². The minimum atomic E-state index is -0.122. The smallest absolute Gasteiger partial charge is 0.250 e. The lowest BCUT2D eigenvalue weighted by Crippen LogP contribution is -2.41. The van der Waals surface area contributed by atoms with E-state index in [0.717, 1.165) is 29.0 Å². The van der Waals surface area contributed by atoms with Crippen molar-refractivity contribution in [1.29, 1.82) is 0 Å². The lowest BCUT2D eigenvalue weighted by Gasteiger charge is -2.35. The molecular weight excluding hydrogens is 414 g/mol. The van der Waals surface area contributed by atoms with Crippen molar-refractivity contribution >= 4 is 44.8 Å². The molecule has 8 heteroatoms. The number of nitrogens with zero attached hydrogens (tertiary/aromatic N) is 3. The molecule has 0 aliphatic carbocycles. The SMILES string of the molecule is C=CC(=O)N1CCN(C)c2ccc(-c3csc4c(=O)cc(N5CCOCC5)oc34)cc21. The summed E-state index contributed by atoms with van der Waals surface area (Å²) in [6.45, 7) is 7.60. The van der Waals surface area contributed by atoms with E-state index in [1.54, 1.807) is 11.0 Å². The Kier molecular flexibility index (Phi) is 5.03. The third kappa shape index (κ3) is 3.41. The molecule has 0 atom stereocenters. The topological polar surface area (TPSA) is 66.2 Å². The van der Waals surface area contributed by atoms with Crippen LogP contribution in [-0.4, -0.2) is 52.3 Å². The van der Waals surface area contributed by atoms with Crippen molar-refractivity contribution in [2.75, 3.05) is 61.1 Å². The van der Waals surface area contributed by atoms with E-state index in [1.165, 1.54) is 17.4 Å². The number of rotatable bonds is 3. The summed E-state index contributed by atoms with van der Waals surface area (Å²) in [5, 5.41) is 1.95. The Morgan fingerprint density at radius 1 is 1.13 bits per heavy atom. The lowest BCUT2D eigenvalue weighted by molar-refractivity contribution is -0.114. The summed E-state index contributed by atoms with van der Waals surface area (Å²) < 4.78 is 12.3. The van der Waals surface area contributed by atoms with E-state index in [0.29, 0.717) is 49.0 Å². The molecule has 3 aromatic rings. The lowest BCUT2D eigenvalue weighted by atomic mass is 10.0. The molecule has 1 aromatic carbocycles. The monoisotopic (exact) mass is 437 g/mol. The summed E-state index contributed by atoms with van der Waals surface area (Å²) in [6, 6.07) is 7.59. The number of carbonyl (C=O) groups is 1. The van der Waals surface area contributed by atoms with Crippen molar-refractivity contribution in [3.05, 3.63) is 52.5 Å². The third-order valence-corrected chi connectivity index (χ3v) is 6.82. The van der Waals surface area contributed by atoms with Crippen molar-refractivity contribution in [3.8, 4) is 11.1 Å². The number of ether oxygens (including phenoxy) is 1. The highest BCUT2D eigenvalue weighted by molar-refractivity contribution is 7.17. The number of amides is 1. The van der Waals surface area contributed by atoms with Gasteiger partial charge in [0.1, 0.15) is 4.70 Å². The van der Waals surface area contributed by atoms with E-state index in [9.17, 15) is 9.59 Å². The number of carbonyl (C=O) groups excluding carboxylic acids is 1. The first-order chi connectivity index (χ1) is 15.1. The fourth-order valence-electron chi connectivity index (χ4n) is 4.13. The van der Waals surface area contributed by atoms with Gasteiger partial charge in [0, 0.05) is 50.2 Å². The molecule has 0 saturated carbocycles. The number of anilines is 3. The molecule has 2 aliphatic rings. The van der Waals surface area contributed by atoms with E-state index in [2.05, 4.69) is 11.5 Å². The Morgan fingerprint density at radius 2 is 1.94 bits per heavy atom. The summed E-state index contributed by atoms with van der Waals surface area (Å²) in [6.07, 6.45) is 1.34. The molecule has 2 aromatic heterocycles. The highest BCUT2D eigenvalue weighted by Gasteiger charge is 2.25. The van der Waals surface area contributed by atoms with Crippen molar-refractivity contribution in [2.45, 2.75) is 0 Å².